The highest BCUT2D eigenvalue weighted by Crippen LogP contribution is 2.30. The van der Waals surface area contributed by atoms with Crippen molar-refractivity contribution in [2.24, 2.45) is 0 Å². The minimum atomic E-state index is -0.168. The average Bonchev–Trinajstić information content (AvgIpc) is 2.62. The molecule has 0 atom stereocenters. The molecule has 4 aromatic rings. The van der Waals surface area contributed by atoms with Gasteiger partial charge in [-0.2, -0.15) is 9.78 Å². The molecule has 0 radical (unpaired) electrons. The fraction of sp³-hybridized carbons (Fsp3) is 0. The molecule has 0 amide bonds. The van der Waals surface area contributed by atoms with Gasteiger partial charge in [-0.1, -0.05) is 59.6 Å². The summed E-state index contributed by atoms with van der Waals surface area (Å²) in [5, 5.41) is 7.00. The summed E-state index contributed by atoms with van der Waals surface area (Å²) in [4.78, 5) is 12.9. The van der Waals surface area contributed by atoms with E-state index in [0.717, 1.165) is 10.9 Å². The number of hydrogen-bond donors (Lipinski definition) is 0. The topological polar surface area (TPSA) is 34.9 Å². The summed E-state index contributed by atoms with van der Waals surface area (Å²) in [5.74, 6) is 0. The molecule has 4 rings (SSSR count). The molecule has 0 aliphatic carbocycles. The summed E-state index contributed by atoms with van der Waals surface area (Å²) in [6.07, 6.45) is 0. The number of fused-ring (bicyclic) bond motifs is 1. The number of nitrogens with zero attached hydrogens (tertiary/aromatic N) is 2. The van der Waals surface area contributed by atoms with Gasteiger partial charge in [-0.05, 0) is 36.4 Å². The zero-order chi connectivity index (χ0) is 17.4. The van der Waals surface area contributed by atoms with Crippen LogP contribution in [-0.2, 0) is 0 Å². The average molecular weight is 367 g/mol. The molecule has 25 heavy (non-hydrogen) atoms. The van der Waals surface area contributed by atoms with Crippen LogP contribution in [0.4, 0.5) is 0 Å². The summed E-state index contributed by atoms with van der Waals surface area (Å²) in [5.41, 5.74) is 1.95. The van der Waals surface area contributed by atoms with Gasteiger partial charge in [-0.25, -0.2) is 0 Å². The molecular weight excluding hydrogens is 355 g/mol. The van der Waals surface area contributed by atoms with Crippen LogP contribution in [0.2, 0.25) is 10.0 Å². The van der Waals surface area contributed by atoms with E-state index < -0.39 is 0 Å². The summed E-state index contributed by atoms with van der Waals surface area (Å²) >= 11 is 12.3. The molecule has 0 saturated carbocycles. The SMILES string of the molecule is O=c1c2ccccc2c(-c2cc(Cl)cc(Cl)c2)nn1-c1ccccc1. The predicted octanol–water partition coefficient (Wildman–Crippen LogP) is 5.36. The van der Waals surface area contributed by atoms with Gasteiger partial charge in [0.2, 0.25) is 0 Å². The molecule has 1 heterocycles. The Hall–Kier alpha value is -2.62. The van der Waals surface area contributed by atoms with E-state index in [4.69, 9.17) is 23.2 Å². The Morgan fingerprint density at radius 2 is 1.36 bits per heavy atom. The van der Waals surface area contributed by atoms with Crippen LogP contribution in [0, 0.1) is 0 Å². The van der Waals surface area contributed by atoms with Gasteiger partial charge in [0, 0.05) is 21.0 Å². The lowest BCUT2D eigenvalue weighted by Crippen LogP contribution is -2.22. The van der Waals surface area contributed by atoms with Gasteiger partial charge in [0.1, 0.15) is 0 Å². The molecule has 3 nitrogen and oxygen atoms in total. The first-order valence-corrected chi connectivity index (χ1v) is 8.43. The van der Waals surface area contributed by atoms with Gasteiger partial charge in [0.15, 0.2) is 0 Å². The van der Waals surface area contributed by atoms with Crippen molar-refractivity contribution < 1.29 is 0 Å². The van der Waals surface area contributed by atoms with Gasteiger partial charge in [-0.15, -0.1) is 0 Å². The fourth-order valence-electron chi connectivity index (χ4n) is 2.84. The fourth-order valence-corrected chi connectivity index (χ4v) is 3.36. The Labute approximate surface area is 154 Å². The van der Waals surface area contributed by atoms with Gasteiger partial charge in [-0.3, -0.25) is 4.79 Å². The normalized spacial score (nSPS) is 11.0. The number of hydrogen-bond acceptors (Lipinski definition) is 2. The van der Waals surface area contributed by atoms with Crippen molar-refractivity contribution in [3.8, 4) is 16.9 Å². The lowest BCUT2D eigenvalue weighted by molar-refractivity contribution is 0.826. The van der Waals surface area contributed by atoms with Crippen LogP contribution in [-0.4, -0.2) is 9.78 Å². The van der Waals surface area contributed by atoms with Gasteiger partial charge < -0.3 is 0 Å². The minimum absolute atomic E-state index is 0.168. The number of benzene rings is 3. The highest BCUT2D eigenvalue weighted by Gasteiger charge is 2.14. The minimum Gasteiger partial charge on any atom is -0.267 e. The first kappa shape index (κ1) is 15.9. The third-order valence-electron chi connectivity index (χ3n) is 3.94. The highest BCUT2D eigenvalue weighted by molar-refractivity contribution is 6.35. The third kappa shape index (κ3) is 2.93. The van der Waals surface area contributed by atoms with Crippen LogP contribution < -0.4 is 5.56 Å². The summed E-state index contributed by atoms with van der Waals surface area (Å²) in [7, 11) is 0. The molecule has 0 fully saturated rings. The molecule has 1 aromatic heterocycles. The van der Waals surface area contributed by atoms with Crippen LogP contribution in [0.3, 0.4) is 0 Å². The molecule has 5 heteroatoms. The first-order valence-electron chi connectivity index (χ1n) is 7.67. The molecule has 3 aromatic carbocycles. The van der Waals surface area contributed by atoms with Crippen molar-refractivity contribution in [3.63, 3.8) is 0 Å². The molecule has 0 bridgehead atoms. The van der Waals surface area contributed by atoms with Crippen molar-refractivity contribution in [3.05, 3.63) is 93.2 Å². The quantitative estimate of drug-likeness (QED) is 0.478. The highest BCUT2D eigenvalue weighted by atomic mass is 35.5. The maximum absolute atomic E-state index is 12.9. The van der Waals surface area contributed by atoms with E-state index >= 15 is 0 Å². The molecule has 0 spiro atoms. The Balaban J connectivity index is 2.10. The maximum atomic E-state index is 12.9. The van der Waals surface area contributed by atoms with E-state index in [-0.39, 0.29) is 5.56 Å². The summed E-state index contributed by atoms with van der Waals surface area (Å²) < 4.78 is 1.41. The third-order valence-corrected chi connectivity index (χ3v) is 4.38. The first-order chi connectivity index (χ1) is 12.1. The van der Waals surface area contributed by atoms with Crippen molar-refractivity contribution in [1.82, 2.24) is 9.78 Å². The molecular formula is C20H12Cl2N2O. The number of halogens is 2. The molecule has 0 N–H and O–H groups in total. The lowest BCUT2D eigenvalue weighted by Gasteiger charge is -2.12. The van der Waals surface area contributed by atoms with Crippen molar-refractivity contribution in [2.75, 3.05) is 0 Å². The number of aromatic nitrogens is 2. The molecule has 0 aliphatic heterocycles. The maximum Gasteiger partial charge on any atom is 0.279 e. The predicted molar refractivity (Wildman–Crippen MR) is 103 cm³/mol. The molecule has 0 unspecified atom stereocenters. The van der Waals surface area contributed by atoms with E-state index in [1.165, 1.54) is 4.68 Å². The summed E-state index contributed by atoms with van der Waals surface area (Å²) in [6.45, 7) is 0. The summed E-state index contributed by atoms with van der Waals surface area (Å²) in [6, 6.07) is 22.0. The van der Waals surface area contributed by atoms with Crippen LogP contribution in [0.1, 0.15) is 0 Å². The number of para-hydroxylation sites is 1. The largest absolute Gasteiger partial charge is 0.279 e. The monoisotopic (exact) mass is 366 g/mol. The lowest BCUT2D eigenvalue weighted by atomic mass is 10.0. The van der Waals surface area contributed by atoms with Crippen LogP contribution >= 0.6 is 23.2 Å². The van der Waals surface area contributed by atoms with E-state index in [1.54, 1.807) is 24.3 Å². The van der Waals surface area contributed by atoms with E-state index in [9.17, 15) is 4.79 Å². The number of rotatable bonds is 2. The smallest absolute Gasteiger partial charge is 0.267 e. The second-order valence-corrected chi connectivity index (χ2v) is 6.48. The molecule has 0 aliphatic rings. The van der Waals surface area contributed by atoms with Crippen molar-refractivity contribution in [2.45, 2.75) is 0 Å². The zero-order valence-corrected chi connectivity index (χ0v) is 14.5. The second kappa shape index (κ2) is 6.36. The van der Waals surface area contributed by atoms with Crippen LogP contribution in [0.25, 0.3) is 27.7 Å². The van der Waals surface area contributed by atoms with Gasteiger partial charge in [0.05, 0.1) is 16.8 Å². The van der Waals surface area contributed by atoms with Crippen LogP contribution in [0.15, 0.2) is 77.6 Å². The molecule has 0 saturated heterocycles. The van der Waals surface area contributed by atoms with Crippen LogP contribution in [0.5, 0.6) is 0 Å². The van der Waals surface area contributed by atoms with Crippen molar-refractivity contribution in [1.29, 1.82) is 0 Å². The van der Waals surface area contributed by atoms with Gasteiger partial charge in [0.25, 0.3) is 5.56 Å². The molecule has 122 valence electrons. The van der Waals surface area contributed by atoms with E-state index in [1.807, 2.05) is 48.5 Å². The Kier molecular flexibility index (Phi) is 4.04. The Morgan fingerprint density at radius 3 is 2.04 bits per heavy atom. The Morgan fingerprint density at radius 1 is 0.760 bits per heavy atom. The second-order valence-electron chi connectivity index (χ2n) is 5.60. The van der Waals surface area contributed by atoms with Crippen molar-refractivity contribution >= 4 is 34.0 Å². The Bertz CT molecular complexity index is 1120. The van der Waals surface area contributed by atoms with E-state index in [2.05, 4.69) is 5.10 Å². The van der Waals surface area contributed by atoms with E-state index in [0.29, 0.717) is 26.8 Å². The zero-order valence-electron chi connectivity index (χ0n) is 13.0. The standard InChI is InChI=1S/C20H12Cl2N2O/c21-14-10-13(11-15(22)12-14)19-17-8-4-5-9-18(17)20(25)24(23-19)16-6-2-1-3-7-16/h1-12H. The van der Waals surface area contributed by atoms with Gasteiger partial charge >= 0.3 is 0 Å².